The zero-order valence-electron chi connectivity index (χ0n) is 24.2. The van der Waals surface area contributed by atoms with Crippen molar-refractivity contribution in [2.75, 3.05) is 0 Å². The number of rotatable bonds is 2. The molecule has 1 heteroatoms. The molecule has 202 valence electrons. The van der Waals surface area contributed by atoms with Crippen LogP contribution < -0.4 is 0 Å². The van der Waals surface area contributed by atoms with Gasteiger partial charge in [0.05, 0.1) is 11.0 Å². The van der Waals surface area contributed by atoms with Gasteiger partial charge in [0.2, 0.25) is 0 Å². The molecule has 0 radical (unpaired) electrons. The molecule has 0 aliphatic rings. The maximum absolute atomic E-state index is 2.42. The van der Waals surface area contributed by atoms with Gasteiger partial charge in [-0.1, -0.05) is 102 Å². The van der Waals surface area contributed by atoms with E-state index in [1.54, 1.807) is 0 Å². The summed E-state index contributed by atoms with van der Waals surface area (Å²) in [5.41, 5.74) is 8.73. The van der Waals surface area contributed by atoms with Crippen LogP contribution in [-0.4, -0.2) is 4.57 Å². The lowest BCUT2D eigenvalue weighted by Gasteiger charge is -2.14. The first-order chi connectivity index (χ1) is 21.1. The molecule has 0 bridgehead atoms. The van der Waals surface area contributed by atoms with Crippen molar-refractivity contribution in [2.45, 2.75) is 13.8 Å². The Morgan fingerprint density at radius 3 is 1.49 bits per heavy atom. The topological polar surface area (TPSA) is 4.93 Å². The van der Waals surface area contributed by atoms with Gasteiger partial charge in [-0.15, -0.1) is 0 Å². The van der Waals surface area contributed by atoms with Gasteiger partial charge in [0.15, 0.2) is 0 Å². The average Bonchev–Trinajstić information content (AvgIpc) is 3.36. The molecule has 0 aliphatic heterocycles. The third kappa shape index (κ3) is 3.58. The number of hydrogen-bond acceptors (Lipinski definition) is 0. The van der Waals surface area contributed by atoms with Crippen LogP contribution >= 0.6 is 0 Å². The lowest BCUT2D eigenvalue weighted by molar-refractivity contribution is 1.18. The molecule has 0 spiro atoms. The predicted molar refractivity (Wildman–Crippen MR) is 186 cm³/mol. The first kappa shape index (κ1) is 24.2. The van der Waals surface area contributed by atoms with Gasteiger partial charge in [-0.3, -0.25) is 0 Å². The van der Waals surface area contributed by atoms with Gasteiger partial charge in [-0.25, -0.2) is 0 Å². The van der Waals surface area contributed by atoms with E-state index >= 15 is 0 Å². The maximum Gasteiger partial charge on any atom is 0.0541 e. The van der Waals surface area contributed by atoms with E-state index in [1.807, 2.05) is 0 Å². The lowest BCUT2D eigenvalue weighted by atomic mass is 9.90. The second kappa shape index (κ2) is 9.05. The third-order valence-corrected chi connectivity index (χ3v) is 9.26. The van der Waals surface area contributed by atoms with Gasteiger partial charge in [0, 0.05) is 16.5 Å². The van der Waals surface area contributed by atoms with Crippen molar-refractivity contribution >= 4 is 64.9 Å². The second-order valence-electron chi connectivity index (χ2n) is 11.9. The zero-order chi connectivity index (χ0) is 28.7. The molecule has 1 nitrogen and oxygen atoms in total. The van der Waals surface area contributed by atoms with E-state index in [1.165, 1.54) is 92.8 Å². The molecule has 1 heterocycles. The Hall–Kier alpha value is -5.40. The molecular formula is C42H29N. The van der Waals surface area contributed by atoms with Crippen LogP contribution in [0.3, 0.4) is 0 Å². The van der Waals surface area contributed by atoms with Crippen molar-refractivity contribution in [1.29, 1.82) is 0 Å². The van der Waals surface area contributed by atoms with Gasteiger partial charge in [0.25, 0.3) is 0 Å². The summed E-state index contributed by atoms with van der Waals surface area (Å²) in [5, 5.41) is 13.0. The van der Waals surface area contributed by atoms with E-state index < -0.39 is 0 Å². The number of fused-ring (bicyclic) bond motifs is 10. The van der Waals surface area contributed by atoms with Crippen LogP contribution in [0.2, 0.25) is 0 Å². The van der Waals surface area contributed by atoms with Crippen LogP contribution in [0, 0.1) is 13.8 Å². The lowest BCUT2D eigenvalue weighted by Crippen LogP contribution is -1.94. The van der Waals surface area contributed by atoms with Crippen LogP contribution in [0.5, 0.6) is 0 Å². The molecule has 0 unspecified atom stereocenters. The zero-order valence-corrected chi connectivity index (χ0v) is 24.2. The van der Waals surface area contributed by atoms with Crippen LogP contribution in [-0.2, 0) is 0 Å². The van der Waals surface area contributed by atoms with Crippen LogP contribution in [0.15, 0.2) is 140 Å². The van der Waals surface area contributed by atoms with E-state index in [2.05, 4.69) is 158 Å². The average molecular weight is 548 g/mol. The molecule has 0 saturated carbocycles. The summed E-state index contributed by atoms with van der Waals surface area (Å²) in [5.74, 6) is 0. The molecule has 9 aromatic rings. The van der Waals surface area contributed by atoms with Crippen molar-refractivity contribution in [3.05, 3.63) is 151 Å². The minimum absolute atomic E-state index is 1.18. The first-order valence-corrected chi connectivity index (χ1v) is 15.0. The summed E-state index contributed by atoms with van der Waals surface area (Å²) >= 11 is 0. The van der Waals surface area contributed by atoms with Gasteiger partial charge in [-0.05, 0) is 117 Å². The Morgan fingerprint density at radius 2 is 0.907 bits per heavy atom. The Kier molecular flexibility index (Phi) is 5.10. The van der Waals surface area contributed by atoms with E-state index in [0.29, 0.717) is 0 Å². The molecule has 0 aliphatic carbocycles. The third-order valence-electron chi connectivity index (χ3n) is 9.26. The standard InChI is InChI=1S/C42H29N/c1-26-14-20-41-39(22-26)40-23-27(2)15-21-42(40)43(41)30-18-16-28(17-19-30)31-13-7-8-29-24-37-34-11-5-3-9-32(34)33-10-4-6-12-35(33)38(37)25-36(29)31/h3-25H,1-2H3. The van der Waals surface area contributed by atoms with Crippen molar-refractivity contribution in [1.82, 2.24) is 4.57 Å². The fraction of sp³-hybridized carbons (Fsp3) is 0.0476. The summed E-state index contributed by atoms with van der Waals surface area (Å²) in [7, 11) is 0. The fourth-order valence-corrected chi connectivity index (χ4v) is 7.25. The Morgan fingerprint density at radius 1 is 0.372 bits per heavy atom. The SMILES string of the molecule is Cc1ccc2c(c1)c1cc(C)ccc1n2-c1ccc(-c2cccc3cc4c5ccccc5c5ccccc5c4cc23)cc1. The molecule has 0 saturated heterocycles. The van der Waals surface area contributed by atoms with Crippen molar-refractivity contribution in [3.8, 4) is 16.8 Å². The van der Waals surface area contributed by atoms with E-state index in [4.69, 9.17) is 0 Å². The molecule has 1 aromatic heterocycles. The highest BCUT2D eigenvalue weighted by Crippen LogP contribution is 2.40. The summed E-state index contributed by atoms with van der Waals surface area (Å²) < 4.78 is 2.40. The molecule has 9 rings (SSSR count). The predicted octanol–water partition coefficient (Wildman–Crippen LogP) is 11.7. The number of nitrogens with zero attached hydrogens (tertiary/aromatic N) is 1. The van der Waals surface area contributed by atoms with E-state index in [9.17, 15) is 0 Å². The van der Waals surface area contributed by atoms with E-state index in [0.717, 1.165) is 0 Å². The summed E-state index contributed by atoms with van der Waals surface area (Å²) in [6, 6.07) is 51.8. The smallest absolute Gasteiger partial charge is 0.0541 e. The van der Waals surface area contributed by atoms with Crippen molar-refractivity contribution in [3.63, 3.8) is 0 Å². The fourth-order valence-electron chi connectivity index (χ4n) is 7.25. The van der Waals surface area contributed by atoms with Gasteiger partial charge in [0.1, 0.15) is 0 Å². The highest BCUT2D eigenvalue weighted by atomic mass is 15.0. The molecule has 0 fully saturated rings. The molecule has 43 heavy (non-hydrogen) atoms. The molecule has 0 atom stereocenters. The first-order valence-electron chi connectivity index (χ1n) is 15.0. The summed E-state index contributed by atoms with van der Waals surface area (Å²) in [4.78, 5) is 0. The summed E-state index contributed by atoms with van der Waals surface area (Å²) in [6.45, 7) is 4.34. The maximum atomic E-state index is 2.42. The van der Waals surface area contributed by atoms with Crippen molar-refractivity contribution < 1.29 is 0 Å². The van der Waals surface area contributed by atoms with Crippen LogP contribution in [0.1, 0.15) is 11.1 Å². The van der Waals surface area contributed by atoms with Gasteiger partial charge >= 0.3 is 0 Å². The largest absolute Gasteiger partial charge is 0.309 e. The Balaban J connectivity index is 1.25. The second-order valence-corrected chi connectivity index (χ2v) is 11.9. The number of hydrogen-bond donors (Lipinski definition) is 0. The molecule has 8 aromatic carbocycles. The number of aromatic nitrogens is 1. The van der Waals surface area contributed by atoms with Crippen LogP contribution in [0.25, 0.3) is 81.7 Å². The monoisotopic (exact) mass is 547 g/mol. The summed E-state index contributed by atoms with van der Waals surface area (Å²) in [6.07, 6.45) is 0. The number of benzene rings is 8. The highest BCUT2D eigenvalue weighted by Gasteiger charge is 2.14. The Bertz CT molecular complexity index is 2500. The van der Waals surface area contributed by atoms with Crippen LogP contribution in [0.4, 0.5) is 0 Å². The Labute approximate surface area is 250 Å². The highest BCUT2D eigenvalue weighted by molar-refractivity contribution is 6.27. The van der Waals surface area contributed by atoms with Gasteiger partial charge in [-0.2, -0.15) is 0 Å². The minimum Gasteiger partial charge on any atom is -0.309 e. The van der Waals surface area contributed by atoms with Crippen molar-refractivity contribution in [2.24, 2.45) is 0 Å². The normalized spacial score (nSPS) is 12.0. The quantitative estimate of drug-likeness (QED) is 0.150. The van der Waals surface area contributed by atoms with Gasteiger partial charge < -0.3 is 4.57 Å². The number of aryl methyl sites for hydroxylation is 2. The minimum atomic E-state index is 1.18. The molecule has 0 amide bonds. The molecular weight excluding hydrogens is 518 g/mol. The van der Waals surface area contributed by atoms with E-state index in [-0.39, 0.29) is 0 Å². The molecule has 0 N–H and O–H groups in total.